The largest absolute Gasteiger partial charge is 0.379 e. The minimum Gasteiger partial charge on any atom is -0.379 e. The fourth-order valence-electron chi connectivity index (χ4n) is 3.85. The van der Waals surface area contributed by atoms with Gasteiger partial charge in [0.1, 0.15) is 11.1 Å². The summed E-state index contributed by atoms with van der Waals surface area (Å²) < 4.78 is 32.0. The molecule has 2 aromatic rings. The number of sulfonamides is 1. The Labute approximate surface area is 180 Å². The molecule has 7 nitrogen and oxygen atoms in total. The summed E-state index contributed by atoms with van der Waals surface area (Å²) in [7, 11) is -3.60. The molecule has 158 valence electrons. The fourth-order valence-corrected chi connectivity index (χ4v) is 6.61. The lowest BCUT2D eigenvalue weighted by atomic mass is 9.88. The van der Waals surface area contributed by atoms with Crippen LogP contribution in [0.3, 0.4) is 0 Å². The number of amides is 1. The van der Waals surface area contributed by atoms with E-state index in [1.54, 1.807) is 0 Å². The van der Waals surface area contributed by atoms with E-state index in [9.17, 15) is 18.5 Å². The first-order valence-corrected chi connectivity index (χ1v) is 12.2. The average Bonchev–Trinajstić information content (AvgIpc) is 3.10. The van der Waals surface area contributed by atoms with Crippen LogP contribution >= 0.6 is 11.3 Å². The first-order valence-electron chi connectivity index (χ1n) is 9.94. The fraction of sp³-hybridized carbons (Fsp3) is 0.429. The molecule has 1 amide bonds. The number of rotatable bonds is 4. The zero-order valence-electron chi connectivity index (χ0n) is 16.7. The number of nitrogens with zero attached hydrogens (tertiary/aromatic N) is 2. The Kier molecular flexibility index (Phi) is 5.93. The zero-order valence-corrected chi connectivity index (χ0v) is 18.3. The third-order valence-electron chi connectivity index (χ3n) is 5.57. The summed E-state index contributed by atoms with van der Waals surface area (Å²) in [5.74, 6) is 0.223. The van der Waals surface area contributed by atoms with Gasteiger partial charge in [0.15, 0.2) is 0 Å². The van der Waals surface area contributed by atoms with Crippen LogP contribution < -0.4 is 5.32 Å². The van der Waals surface area contributed by atoms with Gasteiger partial charge in [-0.15, -0.1) is 11.3 Å². The van der Waals surface area contributed by atoms with E-state index in [1.807, 2.05) is 0 Å². The van der Waals surface area contributed by atoms with Crippen molar-refractivity contribution in [2.24, 2.45) is 5.92 Å². The van der Waals surface area contributed by atoms with Gasteiger partial charge in [-0.05, 0) is 55.0 Å². The first kappa shape index (κ1) is 21.0. The summed E-state index contributed by atoms with van der Waals surface area (Å²) >= 11 is 1.47. The van der Waals surface area contributed by atoms with E-state index in [-0.39, 0.29) is 10.8 Å². The highest BCUT2D eigenvalue weighted by atomic mass is 32.2. The Balaban J connectivity index is 1.52. The number of benzene rings is 1. The maximum atomic E-state index is 12.7. The summed E-state index contributed by atoms with van der Waals surface area (Å²) in [6.45, 7) is 3.60. The summed E-state index contributed by atoms with van der Waals surface area (Å²) in [5, 5.41) is 13.0. The summed E-state index contributed by atoms with van der Waals surface area (Å²) in [6, 6.07) is 8.15. The predicted octanol–water partition coefficient (Wildman–Crippen LogP) is 3.02. The van der Waals surface area contributed by atoms with Crippen molar-refractivity contribution < 1.29 is 17.9 Å². The number of fused-ring (bicyclic) bond motifs is 1. The molecule has 1 aromatic carbocycles. The normalized spacial score (nSPS) is 19.7. The molecule has 1 aromatic heterocycles. The van der Waals surface area contributed by atoms with Crippen molar-refractivity contribution in [3.8, 4) is 6.07 Å². The van der Waals surface area contributed by atoms with Crippen LogP contribution in [-0.2, 0) is 27.6 Å². The smallest absolute Gasteiger partial charge is 0.256 e. The number of hydrogen-bond acceptors (Lipinski definition) is 6. The van der Waals surface area contributed by atoms with Crippen LogP contribution in [0.4, 0.5) is 5.00 Å². The van der Waals surface area contributed by atoms with Crippen molar-refractivity contribution in [1.82, 2.24) is 4.31 Å². The lowest BCUT2D eigenvalue weighted by Crippen LogP contribution is -2.40. The summed E-state index contributed by atoms with van der Waals surface area (Å²) in [4.78, 5) is 14.1. The molecule has 2 aliphatic rings. The van der Waals surface area contributed by atoms with Gasteiger partial charge < -0.3 is 10.1 Å². The standard InChI is InChI=1S/C21H23N3O4S2/c1-14-2-7-17-18(13-22)21(29-19(17)12-14)23-20(25)15-3-5-16(6-4-15)30(26,27)24-8-10-28-11-9-24/h3-6,14H,2,7-12H2,1H3,(H,23,25). The van der Waals surface area contributed by atoms with Crippen molar-refractivity contribution in [3.63, 3.8) is 0 Å². The first-order chi connectivity index (χ1) is 14.4. The van der Waals surface area contributed by atoms with Crippen LogP contribution in [0.15, 0.2) is 29.2 Å². The molecule has 1 N–H and O–H groups in total. The lowest BCUT2D eigenvalue weighted by Gasteiger charge is -2.26. The van der Waals surface area contributed by atoms with E-state index in [4.69, 9.17) is 4.74 Å². The second-order valence-electron chi connectivity index (χ2n) is 7.66. The topological polar surface area (TPSA) is 99.5 Å². The zero-order chi connectivity index (χ0) is 21.3. The minimum absolute atomic E-state index is 0.152. The van der Waals surface area contributed by atoms with Crippen LogP contribution in [0.5, 0.6) is 0 Å². The van der Waals surface area contributed by atoms with Crippen LogP contribution in [0, 0.1) is 17.2 Å². The van der Waals surface area contributed by atoms with Crippen molar-refractivity contribution in [1.29, 1.82) is 5.26 Å². The number of anilines is 1. The van der Waals surface area contributed by atoms with Gasteiger partial charge in [-0.3, -0.25) is 4.79 Å². The maximum Gasteiger partial charge on any atom is 0.256 e. The van der Waals surface area contributed by atoms with E-state index >= 15 is 0 Å². The second-order valence-corrected chi connectivity index (χ2v) is 10.7. The summed E-state index contributed by atoms with van der Waals surface area (Å²) in [6.07, 6.45) is 2.84. The molecule has 1 unspecified atom stereocenters. The van der Waals surface area contributed by atoms with Crippen LogP contribution in [-0.4, -0.2) is 44.9 Å². The van der Waals surface area contributed by atoms with Gasteiger partial charge in [-0.1, -0.05) is 6.92 Å². The van der Waals surface area contributed by atoms with E-state index in [1.165, 1.54) is 44.8 Å². The Bertz CT molecular complexity index is 1090. The lowest BCUT2D eigenvalue weighted by molar-refractivity contribution is 0.0730. The average molecular weight is 446 g/mol. The molecular weight excluding hydrogens is 422 g/mol. The molecule has 1 atom stereocenters. The van der Waals surface area contributed by atoms with Crippen molar-refractivity contribution >= 4 is 32.3 Å². The molecule has 1 saturated heterocycles. The van der Waals surface area contributed by atoms with Crippen LogP contribution in [0.1, 0.15) is 39.7 Å². The molecule has 0 saturated carbocycles. The number of morpholine rings is 1. The van der Waals surface area contributed by atoms with Gasteiger partial charge in [-0.25, -0.2) is 8.42 Å². The van der Waals surface area contributed by atoms with Gasteiger partial charge in [0.05, 0.1) is 23.7 Å². The number of nitrogens with one attached hydrogen (secondary N) is 1. The Morgan fingerprint density at radius 3 is 2.63 bits per heavy atom. The monoisotopic (exact) mass is 445 g/mol. The Morgan fingerprint density at radius 2 is 1.97 bits per heavy atom. The highest BCUT2D eigenvalue weighted by Crippen LogP contribution is 2.39. The van der Waals surface area contributed by atoms with Gasteiger partial charge in [0.25, 0.3) is 5.91 Å². The van der Waals surface area contributed by atoms with E-state index < -0.39 is 10.0 Å². The predicted molar refractivity (Wildman–Crippen MR) is 114 cm³/mol. The highest BCUT2D eigenvalue weighted by molar-refractivity contribution is 7.89. The van der Waals surface area contributed by atoms with Gasteiger partial charge in [0, 0.05) is 23.5 Å². The quantitative estimate of drug-likeness (QED) is 0.780. The number of carbonyl (C=O) groups excluding carboxylic acids is 1. The number of carbonyl (C=O) groups is 1. The molecule has 1 aliphatic heterocycles. The third kappa shape index (κ3) is 4.01. The number of ether oxygens (including phenoxy) is 1. The van der Waals surface area contributed by atoms with E-state index in [0.717, 1.165) is 24.8 Å². The highest BCUT2D eigenvalue weighted by Gasteiger charge is 2.27. The molecule has 0 radical (unpaired) electrons. The van der Waals surface area contributed by atoms with E-state index in [2.05, 4.69) is 18.3 Å². The second kappa shape index (κ2) is 8.47. The number of nitriles is 1. The van der Waals surface area contributed by atoms with Gasteiger partial charge >= 0.3 is 0 Å². The number of hydrogen-bond donors (Lipinski definition) is 1. The molecule has 0 spiro atoms. The SMILES string of the molecule is CC1CCc2c(sc(NC(=O)c3ccc(S(=O)(=O)N4CCOCC4)cc3)c2C#N)C1. The molecule has 30 heavy (non-hydrogen) atoms. The maximum absolute atomic E-state index is 12.7. The van der Waals surface area contributed by atoms with Crippen LogP contribution in [0.2, 0.25) is 0 Å². The molecule has 2 heterocycles. The Hall–Kier alpha value is -2.25. The van der Waals surface area contributed by atoms with Crippen molar-refractivity contribution in [2.45, 2.75) is 31.1 Å². The molecular formula is C21H23N3O4S2. The van der Waals surface area contributed by atoms with E-state index in [0.29, 0.717) is 48.3 Å². The van der Waals surface area contributed by atoms with Crippen molar-refractivity contribution in [3.05, 3.63) is 45.8 Å². The van der Waals surface area contributed by atoms with Gasteiger partial charge in [0.2, 0.25) is 10.0 Å². The van der Waals surface area contributed by atoms with Crippen molar-refractivity contribution in [2.75, 3.05) is 31.6 Å². The molecule has 1 aliphatic carbocycles. The van der Waals surface area contributed by atoms with Gasteiger partial charge in [-0.2, -0.15) is 9.57 Å². The number of thiophene rings is 1. The molecule has 1 fully saturated rings. The summed E-state index contributed by atoms with van der Waals surface area (Å²) in [5.41, 5.74) is 1.96. The van der Waals surface area contributed by atoms with Crippen LogP contribution in [0.25, 0.3) is 0 Å². The molecule has 4 rings (SSSR count). The molecule has 9 heteroatoms. The minimum atomic E-state index is -3.60. The molecule has 0 bridgehead atoms. The third-order valence-corrected chi connectivity index (χ3v) is 8.66. The Morgan fingerprint density at radius 1 is 1.27 bits per heavy atom.